The number of hydrogen-bond acceptors (Lipinski definition) is 2. The molecule has 0 fully saturated rings. The molecule has 0 saturated carbocycles. The van der Waals surface area contributed by atoms with E-state index in [-0.39, 0.29) is 17.9 Å². The summed E-state index contributed by atoms with van der Waals surface area (Å²) in [6.07, 6.45) is 0. The van der Waals surface area contributed by atoms with E-state index in [1.54, 1.807) is 13.0 Å². The SMILES string of the molecule is Cc1cc(Br)cc(C(=O)O)c1OCCF. The molecule has 1 aromatic carbocycles. The van der Waals surface area contributed by atoms with Crippen LogP contribution < -0.4 is 4.74 Å². The number of hydrogen-bond donors (Lipinski definition) is 1. The van der Waals surface area contributed by atoms with Gasteiger partial charge in [-0.1, -0.05) is 15.9 Å². The molecule has 0 aliphatic rings. The topological polar surface area (TPSA) is 46.5 Å². The smallest absolute Gasteiger partial charge is 0.339 e. The molecule has 1 rings (SSSR count). The summed E-state index contributed by atoms with van der Waals surface area (Å²) in [6.45, 7) is 0.933. The highest BCUT2D eigenvalue weighted by molar-refractivity contribution is 9.10. The number of ether oxygens (including phenoxy) is 1. The third-order valence-electron chi connectivity index (χ3n) is 1.79. The second-order valence-corrected chi connectivity index (χ2v) is 3.86. The molecule has 82 valence electrons. The van der Waals surface area contributed by atoms with Gasteiger partial charge in [0.25, 0.3) is 0 Å². The molecule has 1 N–H and O–H groups in total. The number of rotatable bonds is 4. The first-order valence-electron chi connectivity index (χ1n) is 4.28. The first kappa shape index (κ1) is 12.0. The highest BCUT2D eigenvalue weighted by Crippen LogP contribution is 2.28. The predicted molar refractivity (Wildman–Crippen MR) is 57.3 cm³/mol. The summed E-state index contributed by atoms with van der Waals surface area (Å²) < 4.78 is 17.7. The highest BCUT2D eigenvalue weighted by Gasteiger charge is 2.14. The van der Waals surface area contributed by atoms with Crippen molar-refractivity contribution in [1.29, 1.82) is 0 Å². The molecule has 0 atom stereocenters. The van der Waals surface area contributed by atoms with Gasteiger partial charge < -0.3 is 9.84 Å². The van der Waals surface area contributed by atoms with E-state index in [0.29, 0.717) is 10.0 Å². The van der Waals surface area contributed by atoms with Gasteiger partial charge in [-0.2, -0.15) is 0 Å². The van der Waals surface area contributed by atoms with E-state index >= 15 is 0 Å². The fraction of sp³-hybridized carbons (Fsp3) is 0.300. The van der Waals surface area contributed by atoms with Crippen molar-refractivity contribution >= 4 is 21.9 Å². The van der Waals surface area contributed by atoms with Crippen LogP contribution in [0.4, 0.5) is 4.39 Å². The summed E-state index contributed by atoms with van der Waals surface area (Å²) in [4.78, 5) is 10.9. The Morgan fingerprint density at radius 1 is 1.60 bits per heavy atom. The minimum atomic E-state index is -1.09. The zero-order valence-corrected chi connectivity index (χ0v) is 9.67. The van der Waals surface area contributed by atoms with E-state index in [9.17, 15) is 9.18 Å². The molecule has 0 aliphatic carbocycles. The lowest BCUT2D eigenvalue weighted by molar-refractivity contribution is 0.0691. The Hall–Kier alpha value is -1.10. The number of carboxylic acid groups (broad SMARTS) is 1. The number of carboxylic acids is 1. The van der Waals surface area contributed by atoms with Crippen molar-refractivity contribution in [2.75, 3.05) is 13.3 Å². The van der Waals surface area contributed by atoms with Gasteiger partial charge in [0, 0.05) is 4.47 Å². The summed E-state index contributed by atoms with van der Waals surface area (Å²) in [7, 11) is 0. The number of carbonyl (C=O) groups is 1. The van der Waals surface area contributed by atoms with Gasteiger partial charge in [0.1, 0.15) is 24.6 Å². The third kappa shape index (κ3) is 2.92. The molecule has 0 aliphatic heterocycles. The maximum absolute atomic E-state index is 11.9. The van der Waals surface area contributed by atoms with Gasteiger partial charge >= 0.3 is 5.97 Å². The largest absolute Gasteiger partial charge is 0.490 e. The molecule has 0 radical (unpaired) electrons. The molecular formula is C10H10BrFO3. The van der Waals surface area contributed by atoms with Gasteiger partial charge in [0.05, 0.1) is 0 Å². The summed E-state index contributed by atoms with van der Waals surface area (Å²) in [5, 5.41) is 8.92. The van der Waals surface area contributed by atoms with Gasteiger partial charge in [-0.3, -0.25) is 0 Å². The van der Waals surface area contributed by atoms with E-state index in [1.807, 2.05) is 0 Å². The molecule has 0 aromatic heterocycles. The van der Waals surface area contributed by atoms with E-state index in [2.05, 4.69) is 15.9 Å². The number of aromatic carboxylic acids is 1. The molecule has 5 heteroatoms. The van der Waals surface area contributed by atoms with E-state index in [4.69, 9.17) is 9.84 Å². The molecule has 0 heterocycles. The van der Waals surface area contributed by atoms with Crippen LogP contribution >= 0.6 is 15.9 Å². The Labute approximate surface area is 95.0 Å². The van der Waals surface area contributed by atoms with Crippen molar-refractivity contribution in [3.8, 4) is 5.75 Å². The molecule has 3 nitrogen and oxygen atoms in total. The van der Waals surface area contributed by atoms with Crippen LogP contribution in [0.1, 0.15) is 15.9 Å². The summed E-state index contributed by atoms with van der Waals surface area (Å²) in [5.41, 5.74) is 0.700. The summed E-state index contributed by atoms with van der Waals surface area (Å²) >= 11 is 3.19. The zero-order valence-electron chi connectivity index (χ0n) is 8.09. The predicted octanol–water partition coefficient (Wildman–Crippen LogP) is 2.80. The Morgan fingerprint density at radius 3 is 2.80 bits per heavy atom. The molecular weight excluding hydrogens is 267 g/mol. The maximum atomic E-state index is 11.9. The fourth-order valence-electron chi connectivity index (χ4n) is 1.22. The summed E-state index contributed by atoms with van der Waals surface area (Å²) in [5.74, 6) is -0.864. The lowest BCUT2D eigenvalue weighted by atomic mass is 10.1. The van der Waals surface area contributed by atoms with Gasteiger partial charge in [0.15, 0.2) is 0 Å². The molecule has 0 unspecified atom stereocenters. The number of aryl methyl sites for hydroxylation is 1. The lowest BCUT2D eigenvalue weighted by Crippen LogP contribution is -2.07. The maximum Gasteiger partial charge on any atom is 0.339 e. The summed E-state index contributed by atoms with van der Waals surface area (Å²) in [6, 6.07) is 3.16. The highest BCUT2D eigenvalue weighted by atomic mass is 79.9. The van der Waals surface area contributed by atoms with Crippen LogP contribution in [0.3, 0.4) is 0 Å². The average molecular weight is 277 g/mol. The fourth-order valence-corrected chi connectivity index (χ4v) is 1.79. The number of alkyl halides is 1. The van der Waals surface area contributed by atoms with Gasteiger partial charge in [-0.25, -0.2) is 9.18 Å². The first-order chi connectivity index (χ1) is 7.06. The van der Waals surface area contributed by atoms with E-state index in [1.165, 1.54) is 6.07 Å². The van der Waals surface area contributed by atoms with Crippen LogP contribution in [-0.4, -0.2) is 24.4 Å². The first-order valence-corrected chi connectivity index (χ1v) is 5.07. The van der Waals surface area contributed by atoms with Gasteiger partial charge in [-0.15, -0.1) is 0 Å². The lowest BCUT2D eigenvalue weighted by Gasteiger charge is -2.11. The zero-order chi connectivity index (χ0) is 11.4. The van der Waals surface area contributed by atoms with Gasteiger partial charge in [-0.05, 0) is 24.6 Å². The minimum absolute atomic E-state index is 0.0373. The van der Waals surface area contributed by atoms with Crippen LogP contribution in [0.25, 0.3) is 0 Å². The van der Waals surface area contributed by atoms with Crippen molar-refractivity contribution in [2.45, 2.75) is 6.92 Å². The number of benzene rings is 1. The molecule has 0 amide bonds. The van der Waals surface area contributed by atoms with E-state index in [0.717, 1.165) is 0 Å². The van der Waals surface area contributed by atoms with Crippen LogP contribution in [0, 0.1) is 6.92 Å². The van der Waals surface area contributed by atoms with E-state index < -0.39 is 12.6 Å². The molecule has 1 aromatic rings. The van der Waals surface area contributed by atoms with Crippen molar-refractivity contribution in [2.24, 2.45) is 0 Å². The Morgan fingerprint density at radius 2 is 2.27 bits per heavy atom. The van der Waals surface area contributed by atoms with Crippen molar-refractivity contribution < 1.29 is 19.0 Å². The molecule has 0 spiro atoms. The molecule has 0 saturated heterocycles. The Kier molecular flexibility index (Phi) is 4.08. The Balaban J connectivity index is 3.15. The second-order valence-electron chi connectivity index (χ2n) is 2.94. The van der Waals surface area contributed by atoms with Crippen LogP contribution in [0.5, 0.6) is 5.75 Å². The monoisotopic (exact) mass is 276 g/mol. The standard InChI is InChI=1S/C10H10BrFO3/c1-6-4-7(11)5-8(10(13)14)9(6)15-3-2-12/h4-5H,2-3H2,1H3,(H,13,14). The second kappa shape index (κ2) is 5.11. The van der Waals surface area contributed by atoms with Gasteiger partial charge in [0.2, 0.25) is 0 Å². The molecule has 0 bridgehead atoms. The molecule has 15 heavy (non-hydrogen) atoms. The van der Waals surface area contributed by atoms with Crippen molar-refractivity contribution in [1.82, 2.24) is 0 Å². The van der Waals surface area contributed by atoms with Crippen molar-refractivity contribution in [3.05, 3.63) is 27.7 Å². The van der Waals surface area contributed by atoms with Crippen LogP contribution in [0.2, 0.25) is 0 Å². The van der Waals surface area contributed by atoms with Crippen LogP contribution in [-0.2, 0) is 0 Å². The quantitative estimate of drug-likeness (QED) is 0.920. The minimum Gasteiger partial charge on any atom is -0.490 e. The average Bonchev–Trinajstić information content (AvgIpc) is 2.15. The number of halogens is 2. The Bertz CT molecular complexity index is 379. The third-order valence-corrected chi connectivity index (χ3v) is 2.25. The normalized spacial score (nSPS) is 10.1. The van der Waals surface area contributed by atoms with Crippen LogP contribution in [0.15, 0.2) is 16.6 Å². The van der Waals surface area contributed by atoms with Crippen molar-refractivity contribution in [3.63, 3.8) is 0 Å².